The number of benzene rings is 2. The maximum absolute atomic E-state index is 11.6. The molecule has 8 heteroatoms. The molecule has 0 heterocycles. The second-order valence-corrected chi connectivity index (χ2v) is 9.85. The number of aliphatic imine (C=N–C) groups is 1. The van der Waals surface area contributed by atoms with Crippen LogP contribution in [-0.2, 0) is 22.9 Å². The Hall–Kier alpha value is -1.81. The second kappa shape index (κ2) is 11.7. The Morgan fingerprint density at radius 3 is 2.45 bits per heavy atom. The minimum atomic E-state index is -3.18. The SMILES string of the molecule is CCNC(=NCc1ccc(S(C)(=O)=O)cc1)NCc1ccc(C)cc1OCC1CC1.I. The van der Waals surface area contributed by atoms with Gasteiger partial charge >= 0.3 is 0 Å². The number of aryl methyl sites for hydroxylation is 1. The summed E-state index contributed by atoms with van der Waals surface area (Å²) in [6.07, 6.45) is 3.74. The van der Waals surface area contributed by atoms with Crippen molar-refractivity contribution in [3.63, 3.8) is 0 Å². The summed E-state index contributed by atoms with van der Waals surface area (Å²) in [5.74, 6) is 2.35. The van der Waals surface area contributed by atoms with Gasteiger partial charge in [-0.3, -0.25) is 0 Å². The number of sulfone groups is 1. The molecule has 0 aromatic heterocycles. The van der Waals surface area contributed by atoms with Crippen molar-refractivity contribution in [3.05, 3.63) is 59.2 Å². The predicted octanol–water partition coefficient (Wildman–Crippen LogP) is 4.06. The molecular formula is C23H32IN3O3S. The van der Waals surface area contributed by atoms with Crippen LogP contribution in [0.25, 0.3) is 0 Å². The van der Waals surface area contributed by atoms with E-state index in [0.29, 0.717) is 29.9 Å². The largest absolute Gasteiger partial charge is 0.493 e. The average molecular weight is 557 g/mol. The van der Waals surface area contributed by atoms with Crippen LogP contribution in [0.15, 0.2) is 52.4 Å². The van der Waals surface area contributed by atoms with E-state index in [-0.39, 0.29) is 24.0 Å². The second-order valence-electron chi connectivity index (χ2n) is 7.83. The van der Waals surface area contributed by atoms with Gasteiger partial charge in [0.1, 0.15) is 5.75 Å². The third-order valence-electron chi connectivity index (χ3n) is 4.96. The van der Waals surface area contributed by atoms with Gasteiger partial charge in [-0.25, -0.2) is 13.4 Å². The van der Waals surface area contributed by atoms with Crippen LogP contribution >= 0.6 is 24.0 Å². The topological polar surface area (TPSA) is 79.8 Å². The molecule has 0 aliphatic heterocycles. The molecule has 1 aliphatic rings. The standard InChI is InChI=1S/C23H31N3O3S.HI/c1-4-24-23(25-14-18-8-11-21(12-9-18)30(3,27)28)26-15-20-10-5-17(2)13-22(20)29-16-19-6-7-19;/h5,8-13,19H,4,6-7,14-16H2,1-3H3,(H2,24,25,26);1H. The zero-order chi connectivity index (χ0) is 21.6. The van der Waals surface area contributed by atoms with E-state index in [4.69, 9.17) is 4.74 Å². The molecule has 3 rings (SSSR count). The molecule has 170 valence electrons. The zero-order valence-electron chi connectivity index (χ0n) is 18.3. The Morgan fingerprint density at radius 2 is 1.84 bits per heavy atom. The summed E-state index contributed by atoms with van der Waals surface area (Å²) in [7, 11) is -3.18. The fourth-order valence-electron chi connectivity index (χ4n) is 2.97. The summed E-state index contributed by atoms with van der Waals surface area (Å²) < 4.78 is 29.2. The van der Waals surface area contributed by atoms with E-state index in [1.807, 2.05) is 6.92 Å². The maximum atomic E-state index is 11.6. The van der Waals surface area contributed by atoms with Crippen LogP contribution in [0, 0.1) is 12.8 Å². The number of ether oxygens (including phenoxy) is 1. The zero-order valence-corrected chi connectivity index (χ0v) is 21.5. The lowest BCUT2D eigenvalue weighted by atomic mass is 10.1. The lowest BCUT2D eigenvalue weighted by Crippen LogP contribution is -2.36. The highest BCUT2D eigenvalue weighted by Gasteiger charge is 2.22. The molecule has 2 aromatic rings. The van der Waals surface area contributed by atoms with Gasteiger partial charge in [-0.15, -0.1) is 24.0 Å². The van der Waals surface area contributed by atoms with E-state index < -0.39 is 9.84 Å². The molecule has 6 nitrogen and oxygen atoms in total. The normalized spacial score (nSPS) is 14.0. The number of hydrogen-bond donors (Lipinski definition) is 2. The van der Waals surface area contributed by atoms with Crippen LogP contribution in [0.4, 0.5) is 0 Å². The van der Waals surface area contributed by atoms with Gasteiger partial charge in [0.15, 0.2) is 15.8 Å². The van der Waals surface area contributed by atoms with Gasteiger partial charge in [-0.2, -0.15) is 0 Å². The Bertz CT molecular complexity index is 988. The van der Waals surface area contributed by atoms with Crippen LogP contribution in [0.5, 0.6) is 5.75 Å². The number of halogens is 1. The highest BCUT2D eigenvalue weighted by Crippen LogP contribution is 2.30. The van der Waals surface area contributed by atoms with E-state index in [0.717, 1.165) is 30.0 Å². The summed E-state index contributed by atoms with van der Waals surface area (Å²) in [5, 5.41) is 6.62. The fraction of sp³-hybridized carbons (Fsp3) is 0.435. The molecule has 2 N–H and O–H groups in total. The van der Waals surface area contributed by atoms with E-state index >= 15 is 0 Å². The summed E-state index contributed by atoms with van der Waals surface area (Å²) in [6, 6.07) is 13.1. The smallest absolute Gasteiger partial charge is 0.191 e. The van der Waals surface area contributed by atoms with Crippen molar-refractivity contribution in [1.29, 1.82) is 0 Å². The first-order valence-electron chi connectivity index (χ1n) is 10.4. The first-order valence-corrected chi connectivity index (χ1v) is 12.3. The van der Waals surface area contributed by atoms with Gasteiger partial charge < -0.3 is 15.4 Å². The highest BCUT2D eigenvalue weighted by molar-refractivity contribution is 14.0. The van der Waals surface area contributed by atoms with Gasteiger partial charge in [-0.1, -0.05) is 24.3 Å². The first-order chi connectivity index (χ1) is 14.3. The summed E-state index contributed by atoms with van der Waals surface area (Å²) in [5.41, 5.74) is 3.23. The molecule has 0 atom stereocenters. The van der Waals surface area contributed by atoms with Crippen molar-refractivity contribution in [3.8, 4) is 5.75 Å². The number of guanidine groups is 1. The predicted molar refractivity (Wildman–Crippen MR) is 136 cm³/mol. The fourth-order valence-corrected chi connectivity index (χ4v) is 3.60. The Kier molecular flexibility index (Phi) is 9.61. The summed E-state index contributed by atoms with van der Waals surface area (Å²) >= 11 is 0. The number of rotatable bonds is 9. The van der Waals surface area contributed by atoms with Crippen molar-refractivity contribution in [1.82, 2.24) is 10.6 Å². The first kappa shape index (κ1) is 25.5. The lowest BCUT2D eigenvalue weighted by Gasteiger charge is -2.15. The molecular weight excluding hydrogens is 525 g/mol. The molecule has 1 aliphatic carbocycles. The van der Waals surface area contributed by atoms with Crippen molar-refractivity contribution < 1.29 is 13.2 Å². The molecule has 0 bridgehead atoms. The number of nitrogens with one attached hydrogen (secondary N) is 2. The third-order valence-corrected chi connectivity index (χ3v) is 6.08. The minimum absolute atomic E-state index is 0. The summed E-state index contributed by atoms with van der Waals surface area (Å²) in [6.45, 7) is 6.69. The minimum Gasteiger partial charge on any atom is -0.493 e. The number of nitrogens with zero attached hydrogens (tertiary/aromatic N) is 1. The average Bonchev–Trinajstić information content (AvgIpc) is 3.53. The van der Waals surface area contributed by atoms with E-state index in [2.05, 4.69) is 40.7 Å². The monoisotopic (exact) mass is 557 g/mol. The van der Waals surface area contributed by atoms with Crippen molar-refractivity contribution in [2.75, 3.05) is 19.4 Å². The molecule has 2 aromatic carbocycles. The van der Waals surface area contributed by atoms with E-state index in [9.17, 15) is 8.42 Å². The number of hydrogen-bond acceptors (Lipinski definition) is 4. The Balaban J connectivity index is 0.00000341. The van der Waals surface area contributed by atoms with E-state index in [1.54, 1.807) is 24.3 Å². The van der Waals surface area contributed by atoms with Crippen LogP contribution in [0.3, 0.4) is 0 Å². The Labute approximate surface area is 202 Å². The molecule has 0 radical (unpaired) electrons. The van der Waals surface area contributed by atoms with Crippen LogP contribution in [0.2, 0.25) is 0 Å². The van der Waals surface area contributed by atoms with Gasteiger partial charge in [-0.05, 0) is 61.9 Å². The molecule has 31 heavy (non-hydrogen) atoms. The quantitative estimate of drug-likeness (QED) is 0.276. The summed E-state index contributed by atoms with van der Waals surface area (Å²) in [4.78, 5) is 4.94. The van der Waals surface area contributed by atoms with Gasteiger partial charge in [0.2, 0.25) is 0 Å². The van der Waals surface area contributed by atoms with Crippen LogP contribution in [0.1, 0.15) is 36.5 Å². The van der Waals surface area contributed by atoms with Crippen LogP contribution < -0.4 is 15.4 Å². The molecule has 1 fully saturated rings. The van der Waals surface area contributed by atoms with Gasteiger partial charge in [0.25, 0.3) is 0 Å². The van der Waals surface area contributed by atoms with Crippen molar-refractivity contribution >= 4 is 39.8 Å². The molecule has 0 amide bonds. The maximum Gasteiger partial charge on any atom is 0.191 e. The Morgan fingerprint density at radius 1 is 1.13 bits per heavy atom. The molecule has 0 unspecified atom stereocenters. The van der Waals surface area contributed by atoms with Gasteiger partial charge in [0, 0.05) is 24.9 Å². The van der Waals surface area contributed by atoms with Crippen LogP contribution in [-0.4, -0.2) is 33.8 Å². The van der Waals surface area contributed by atoms with Gasteiger partial charge in [0.05, 0.1) is 18.0 Å². The molecule has 0 saturated heterocycles. The molecule has 0 spiro atoms. The van der Waals surface area contributed by atoms with Crippen molar-refractivity contribution in [2.45, 2.75) is 44.7 Å². The molecule has 1 saturated carbocycles. The highest BCUT2D eigenvalue weighted by atomic mass is 127. The van der Waals surface area contributed by atoms with Crippen molar-refractivity contribution in [2.24, 2.45) is 10.9 Å². The lowest BCUT2D eigenvalue weighted by molar-refractivity contribution is 0.296. The van der Waals surface area contributed by atoms with E-state index in [1.165, 1.54) is 24.7 Å². The third kappa shape index (κ3) is 8.33.